The van der Waals surface area contributed by atoms with Gasteiger partial charge >= 0.3 is 0 Å². The molecule has 2 saturated heterocycles. The fraction of sp³-hybridized carbons (Fsp3) is 0.440. The molecule has 174 valence electrons. The molecular weight excluding hydrogens is 418 g/mol. The average Bonchev–Trinajstić information content (AvgIpc) is 2.85. The third-order valence-electron chi connectivity index (χ3n) is 6.90. The number of piperidine rings is 2. The SMILES string of the molecule is NC(=O)c1ccc(-c2ccc(C3CCN(CC(=O)N4CCC(C(N)=O)CC4)CC3)nc2)cc1. The summed E-state index contributed by atoms with van der Waals surface area (Å²) in [6, 6.07) is 11.3. The number of amides is 3. The monoisotopic (exact) mass is 449 g/mol. The molecule has 4 rings (SSSR count). The normalized spacial score (nSPS) is 18.2. The summed E-state index contributed by atoms with van der Waals surface area (Å²) in [7, 11) is 0. The number of primary amides is 2. The Hall–Kier alpha value is -3.26. The van der Waals surface area contributed by atoms with E-state index in [1.54, 1.807) is 12.1 Å². The van der Waals surface area contributed by atoms with Crippen LogP contribution < -0.4 is 11.5 Å². The maximum absolute atomic E-state index is 12.7. The molecule has 0 aliphatic carbocycles. The minimum atomic E-state index is -0.435. The van der Waals surface area contributed by atoms with Gasteiger partial charge in [0.05, 0.1) is 6.54 Å². The van der Waals surface area contributed by atoms with Gasteiger partial charge in [-0.25, -0.2) is 0 Å². The molecule has 4 N–H and O–H groups in total. The molecule has 1 aromatic carbocycles. The molecule has 3 amide bonds. The van der Waals surface area contributed by atoms with Crippen LogP contribution in [0.3, 0.4) is 0 Å². The first-order chi connectivity index (χ1) is 15.9. The Labute approximate surface area is 193 Å². The minimum absolute atomic E-state index is 0.0989. The lowest BCUT2D eigenvalue weighted by Gasteiger charge is -2.35. The van der Waals surface area contributed by atoms with Crippen LogP contribution in [0.15, 0.2) is 42.6 Å². The highest BCUT2D eigenvalue weighted by Gasteiger charge is 2.28. The number of nitrogens with zero attached hydrogens (tertiary/aromatic N) is 3. The number of carbonyl (C=O) groups is 3. The van der Waals surface area contributed by atoms with Gasteiger partial charge in [-0.15, -0.1) is 0 Å². The van der Waals surface area contributed by atoms with Crippen molar-refractivity contribution >= 4 is 17.7 Å². The van der Waals surface area contributed by atoms with Gasteiger partial charge < -0.3 is 16.4 Å². The van der Waals surface area contributed by atoms with E-state index in [1.165, 1.54) is 0 Å². The third kappa shape index (κ3) is 5.57. The van der Waals surface area contributed by atoms with Gasteiger partial charge in [0.2, 0.25) is 17.7 Å². The van der Waals surface area contributed by atoms with Crippen molar-refractivity contribution in [1.29, 1.82) is 0 Å². The Morgan fingerprint density at radius 2 is 1.48 bits per heavy atom. The number of benzene rings is 1. The lowest BCUT2D eigenvalue weighted by molar-refractivity contribution is -0.136. The molecule has 33 heavy (non-hydrogen) atoms. The highest BCUT2D eigenvalue weighted by Crippen LogP contribution is 2.28. The average molecular weight is 450 g/mol. The van der Waals surface area contributed by atoms with Crippen molar-refractivity contribution in [2.45, 2.75) is 31.6 Å². The van der Waals surface area contributed by atoms with E-state index < -0.39 is 5.91 Å². The molecule has 0 bridgehead atoms. The van der Waals surface area contributed by atoms with Crippen molar-refractivity contribution in [2.24, 2.45) is 17.4 Å². The first kappa shape index (κ1) is 22.9. The summed E-state index contributed by atoms with van der Waals surface area (Å²) in [4.78, 5) is 44.0. The minimum Gasteiger partial charge on any atom is -0.369 e. The summed E-state index contributed by atoms with van der Waals surface area (Å²) in [6.45, 7) is 3.40. The molecule has 1 aromatic heterocycles. The molecule has 8 heteroatoms. The van der Waals surface area contributed by atoms with E-state index in [0.29, 0.717) is 44.0 Å². The summed E-state index contributed by atoms with van der Waals surface area (Å²) >= 11 is 0. The highest BCUT2D eigenvalue weighted by molar-refractivity contribution is 5.93. The van der Waals surface area contributed by atoms with Crippen molar-refractivity contribution in [2.75, 3.05) is 32.7 Å². The molecule has 0 spiro atoms. The van der Waals surface area contributed by atoms with E-state index in [9.17, 15) is 14.4 Å². The molecule has 8 nitrogen and oxygen atoms in total. The first-order valence-electron chi connectivity index (χ1n) is 11.6. The second kappa shape index (κ2) is 10.1. The van der Waals surface area contributed by atoms with E-state index in [4.69, 9.17) is 16.5 Å². The molecular formula is C25H31N5O3. The smallest absolute Gasteiger partial charge is 0.248 e. The van der Waals surface area contributed by atoms with Crippen LogP contribution in [0.25, 0.3) is 11.1 Å². The van der Waals surface area contributed by atoms with Crippen molar-refractivity contribution in [3.8, 4) is 11.1 Å². The predicted molar refractivity (Wildman–Crippen MR) is 125 cm³/mol. The second-order valence-corrected chi connectivity index (χ2v) is 9.02. The van der Waals surface area contributed by atoms with Crippen LogP contribution >= 0.6 is 0 Å². The van der Waals surface area contributed by atoms with E-state index in [-0.39, 0.29) is 17.7 Å². The number of likely N-dealkylation sites (tertiary alicyclic amines) is 2. The van der Waals surface area contributed by atoms with Crippen LogP contribution in [0.4, 0.5) is 0 Å². The largest absolute Gasteiger partial charge is 0.369 e. The van der Waals surface area contributed by atoms with Gasteiger partial charge in [-0.2, -0.15) is 0 Å². The highest BCUT2D eigenvalue weighted by atomic mass is 16.2. The number of nitrogens with two attached hydrogens (primary N) is 2. The Morgan fingerprint density at radius 3 is 2.03 bits per heavy atom. The maximum atomic E-state index is 12.7. The topological polar surface area (TPSA) is 123 Å². The zero-order valence-corrected chi connectivity index (χ0v) is 18.8. The summed E-state index contributed by atoms with van der Waals surface area (Å²) in [6.07, 6.45) is 5.15. The maximum Gasteiger partial charge on any atom is 0.248 e. The third-order valence-corrected chi connectivity index (χ3v) is 6.90. The van der Waals surface area contributed by atoms with E-state index >= 15 is 0 Å². The molecule has 0 atom stereocenters. The number of rotatable bonds is 6. The van der Waals surface area contributed by atoms with Crippen LogP contribution in [0.1, 0.15) is 47.7 Å². The number of carbonyl (C=O) groups excluding carboxylic acids is 3. The molecule has 2 aliphatic rings. The molecule has 2 aromatic rings. The number of hydrogen-bond donors (Lipinski definition) is 2. The zero-order valence-electron chi connectivity index (χ0n) is 18.8. The van der Waals surface area contributed by atoms with Gasteiger partial charge in [-0.1, -0.05) is 18.2 Å². The fourth-order valence-corrected chi connectivity index (χ4v) is 4.74. The Bertz CT molecular complexity index is 990. The molecule has 0 radical (unpaired) electrons. The number of pyridine rings is 1. The van der Waals surface area contributed by atoms with Gasteiger partial charge in [-0.3, -0.25) is 24.3 Å². The van der Waals surface area contributed by atoms with Crippen molar-refractivity contribution in [3.05, 3.63) is 53.9 Å². The molecule has 0 unspecified atom stereocenters. The molecule has 2 aliphatic heterocycles. The summed E-state index contributed by atoms with van der Waals surface area (Å²) in [5.41, 5.74) is 14.2. The molecule has 3 heterocycles. The van der Waals surface area contributed by atoms with Gasteiger partial charge in [0, 0.05) is 47.9 Å². The summed E-state index contributed by atoms with van der Waals surface area (Å²) in [5.74, 6) is -0.268. The van der Waals surface area contributed by atoms with E-state index in [0.717, 1.165) is 42.8 Å². The van der Waals surface area contributed by atoms with Crippen LogP contribution in [0.5, 0.6) is 0 Å². The zero-order chi connectivity index (χ0) is 23.4. The van der Waals surface area contributed by atoms with Gasteiger partial charge in [0.15, 0.2) is 0 Å². The van der Waals surface area contributed by atoms with E-state index in [1.807, 2.05) is 23.2 Å². The van der Waals surface area contributed by atoms with Gasteiger partial charge in [0.25, 0.3) is 0 Å². The predicted octanol–water partition coefficient (Wildman–Crippen LogP) is 1.75. The fourth-order valence-electron chi connectivity index (χ4n) is 4.74. The van der Waals surface area contributed by atoms with Crippen LogP contribution in [0.2, 0.25) is 0 Å². The van der Waals surface area contributed by atoms with Crippen LogP contribution in [0, 0.1) is 5.92 Å². The molecule has 0 saturated carbocycles. The standard InChI is InChI=1S/C25H31N5O3/c26-24(32)19-3-1-17(2-4-19)21-5-6-22(28-15-21)18-7-11-29(12-8-18)16-23(31)30-13-9-20(10-14-30)25(27)33/h1-6,15,18,20H,7-14,16H2,(H2,26,32)(H2,27,33). The van der Waals surface area contributed by atoms with E-state index in [2.05, 4.69) is 17.0 Å². The lowest BCUT2D eigenvalue weighted by atomic mass is 9.92. The van der Waals surface area contributed by atoms with Crippen molar-refractivity contribution in [3.63, 3.8) is 0 Å². The quantitative estimate of drug-likeness (QED) is 0.696. The van der Waals surface area contributed by atoms with Crippen LogP contribution in [-0.4, -0.2) is 65.2 Å². The van der Waals surface area contributed by atoms with Crippen LogP contribution in [-0.2, 0) is 9.59 Å². The second-order valence-electron chi connectivity index (χ2n) is 9.02. The molecule has 2 fully saturated rings. The summed E-state index contributed by atoms with van der Waals surface area (Å²) in [5, 5.41) is 0. The Kier molecular flexibility index (Phi) is 7.03. The Balaban J connectivity index is 1.26. The number of aromatic nitrogens is 1. The lowest BCUT2D eigenvalue weighted by Crippen LogP contribution is -2.47. The van der Waals surface area contributed by atoms with Gasteiger partial charge in [-0.05, 0) is 62.5 Å². The Morgan fingerprint density at radius 1 is 0.848 bits per heavy atom. The van der Waals surface area contributed by atoms with Crippen molar-refractivity contribution in [1.82, 2.24) is 14.8 Å². The van der Waals surface area contributed by atoms with Gasteiger partial charge in [0.1, 0.15) is 0 Å². The summed E-state index contributed by atoms with van der Waals surface area (Å²) < 4.78 is 0. The first-order valence-corrected chi connectivity index (χ1v) is 11.6. The van der Waals surface area contributed by atoms with Crippen molar-refractivity contribution < 1.29 is 14.4 Å². The number of hydrogen-bond acceptors (Lipinski definition) is 5.